The van der Waals surface area contributed by atoms with E-state index in [0.29, 0.717) is 22.5 Å². The minimum absolute atomic E-state index is 0.0185. The number of benzene rings is 2. The van der Waals surface area contributed by atoms with E-state index in [2.05, 4.69) is 33.0 Å². The number of anilines is 1. The van der Waals surface area contributed by atoms with E-state index >= 15 is 0 Å². The van der Waals surface area contributed by atoms with Gasteiger partial charge in [-0.15, -0.1) is 11.3 Å². The maximum atomic E-state index is 12.0. The Kier molecular flexibility index (Phi) is 5.99. The zero-order valence-electron chi connectivity index (χ0n) is 15.5. The van der Waals surface area contributed by atoms with Gasteiger partial charge in [-0.05, 0) is 42.3 Å². The lowest BCUT2D eigenvalue weighted by Gasteiger charge is -2.21. The smallest absolute Gasteiger partial charge is 0.357 e. The SMILES string of the molecule is CCOC(=O)c1csc(N2N=C(c3ccc(Cl)cc3)C[C@@H]2c2ccc(Br)cc2)n1. The molecule has 29 heavy (non-hydrogen) atoms. The summed E-state index contributed by atoms with van der Waals surface area (Å²) in [4.78, 5) is 16.5. The van der Waals surface area contributed by atoms with Crippen molar-refractivity contribution in [2.75, 3.05) is 11.6 Å². The molecule has 2 aromatic carbocycles. The zero-order valence-corrected chi connectivity index (χ0v) is 18.7. The van der Waals surface area contributed by atoms with Crippen molar-refractivity contribution in [1.82, 2.24) is 4.98 Å². The number of nitrogens with zero attached hydrogens (tertiary/aromatic N) is 3. The molecule has 0 spiro atoms. The molecule has 5 nitrogen and oxygen atoms in total. The summed E-state index contributed by atoms with van der Waals surface area (Å²) in [5.74, 6) is -0.420. The summed E-state index contributed by atoms with van der Waals surface area (Å²) in [7, 11) is 0. The normalized spacial score (nSPS) is 16.0. The Labute approximate surface area is 186 Å². The molecule has 1 aromatic heterocycles. The maximum Gasteiger partial charge on any atom is 0.357 e. The van der Waals surface area contributed by atoms with Crippen LogP contribution in [0.2, 0.25) is 5.02 Å². The van der Waals surface area contributed by atoms with Crippen molar-refractivity contribution < 1.29 is 9.53 Å². The average Bonchev–Trinajstić information content (AvgIpc) is 3.37. The molecule has 3 aromatic rings. The van der Waals surface area contributed by atoms with Gasteiger partial charge in [0.05, 0.1) is 18.4 Å². The van der Waals surface area contributed by atoms with Crippen molar-refractivity contribution in [2.45, 2.75) is 19.4 Å². The quantitative estimate of drug-likeness (QED) is 0.406. The van der Waals surface area contributed by atoms with Crippen LogP contribution in [0.4, 0.5) is 5.13 Å². The van der Waals surface area contributed by atoms with Crippen LogP contribution < -0.4 is 5.01 Å². The van der Waals surface area contributed by atoms with E-state index in [1.807, 2.05) is 41.4 Å². The monoisotopic (exact) mass is 489 g/mol. The summed E-state index contributed by atoms with van der Waals surface area (Å²) in [6.45, 7) is 2.09. The number of rotatable bonds is 5. The van der Waals surface area contributed by atoms with E-state index in [-0.39, 0.29) is 6.04 Å². The van der Waals surface area contributed by atoms with Gasteiger partial charge in [0.2, 0.25) is 5.13 Å². The molecule has 0 amide bonds. The van der Waals surface area contributed by atoms with E-state index in [0.717, 1.165) is 27.7 Å². The van der Waals surface area contributed by atoms with Crippen molar-refractivity contribution in [3.05, 3.63) is 80.2 Å². The summed E-state index contributed by atoms with van der Waals surface area (Å²) in [5, 5.41) is 9.79. The molecule has 1 aliphatic rings. The van der Waals surface area contributed by atoms with Gasteiger partial charge in [0.25, 0.3) is 0 Å². The minimum atomic E-state index is -0.420. The van der Waals surface area contributed by atoms with Crippen LogP contribution in [0.15, 0.2) is 63.5 Å². The highest BCUT2D eigenvalue weighted by molar-refractivity contribution is 9.10. The number of esters is 1. The molecule has 1 atom stereocenters. The summed E-state index contributed by atoms with van der Waals surface area (Å²) in [6.07, 6.45) is 0.720. The lowest BCUT2D eigenvalue weighted by molar-refractivity contribution is 0.0520. The van der Waals surface area contributed by atoms with Crippen LogP contribution in [0.3, 0.4) is 0 Å². The predicted octanol–water partition coefficient (Wildman–Crippen LogP) is 6.09. The highest BCUT2D eigenvalue weighted by Gasteiger charge is 2.32. The molecule has 0 radical (unpaired) electrons. The van der Waals surface area contributed by atoms with Gasteiger partial charge >= 0.3 is 5.97 Å². The van der Waals surface area contributed by atoms with Crippen LogP contribution in [-0.4, -0.2) is 23.3 Å². The highest BCUT2D eigenvalue weighted by atomic mass is 79.9. The topological polar surface area (TPSA) is 54.8 Å². The van der Waals surface area contributed by atoms with E-state index < -0.39 is 5.97 Å². The molecule has 0 saturated carbocycles. The number of carbonyl (C=O) groups excluding carboxylic acids is 1. The van der Waals surface area contributed by atoms with Gasteiger partial charge in [-0.3, -0.25) is 0 Å². The van der Waals surface area contributed by atoms with Crippen molar-refractivity contribution in [1.29, 1.82) is 0 Å². The predicted molar refractivity (Wildman–Crippen MR) is 120 cm³/mol. The lowest BCUT2D eigenvalue weighted by atomic mass is 9.99. The van der Waals surface area contributed by atoms with Crippen LogP contribution in [-0.2, 0) is 4.74 Å². The molecule has 148 valence electrons. The number of aromatic nitrogens is 1. The number of halogens is 2. The third kappa shape index (κ3) is 4.37. The Morgan fingerprint density at radius 3 is 2.66 bits per heavy atom. The molecule has 4 rings (SSSR count). The third-order valence-electron chi connectivity index (χ3n) is 4.52. The molecule has 2 heterocycles. The van der Waals surface area contributed by atoms with Gasteiger partial charge in [-0.25, -0.2) is 14.8 Å². The van der Waals surface area contributed by atoms with Crippen LogP contribution in [0.1, 0.15) is 41.0 Å². The molecular weight excluding hydrogens is 474 g/mol. The number of hydrazone groups is 1. The van der Waals surface area contributed by atoms with Crippen molar-refractivity contribution >= 4 is 55.7 Å². The zero-order chi connectivity index (χ0) is 20.4. The summed E-state index contributed by atoms with van der Waals surface area (Å²) >= 11 is 10.9. The molecule has 0 fully saturated rings. The van der Waals surface area contributed by atoms with Crippen LogP contribution in [0, 0.1) is 0 Å². The molecule has 0 bridgehead atoms. The molecular formula is C21H17BrClN3O2S. The van der Waals surface area contributed by atoms with Gasteiger partial charge < -0.3 is 4.74 Å². The van der Waals surface area contributed by atoms with E-state index in [1.54, 1.807) is 12.3 Å². The second-order valence-corrected chi connectivity index (χ2v) is 8.59. The molecule has 1 aliphatic heterocycles. The Hall–Kier alpha value is -2.22. The summed E-state index contributed by atoms with van der Waals surface area (Å²) in [6, 6.07) is 15.8. The Bertz CT molecular complexity index is 1050. The fourth-order valence-corrected chi connectivity index (χ4v) is 4.30. The first-order valence-corrected chi connectivity index (χ1v) is 11.1. The molecule has 0 N–H and O–H groups in total. The molecule has 0 aliphatic carbocycles. The molecule has 8 heteroatoms. The van der Waals surface area contributed by atoms with E-state index in [9.17, 15) is 4.79 Å². The first-order valence-electron chi connectivity index (χ1n) is 9.06. The van der Waals surface area contributed by atoms with E-state index in [4.69, 9.17) is 21.4 Å². The van der Waals surface area contributed by atoms with Crippen LogP contribution in [0.5, 0.6) is 0 Å². The molecule has 0 saturated heterocycles. The summed E-state index contributed by atoms with van der Waals surface area (Å²) < 4.78 is 6.08. The van der Waals surface area contributed by atoms with Crippen molar-refractivity contribution in [3.63, 3.8) is 0 Å². The second kappa shape index (κ2) is 8.65. The van der Waals surface area contributed by atoms with Crippen LogP contribution >= 0.6 is 38.9 Å². The van der Waals surface area contributed by atoms with Crippen molar-refractivity contribution in [2.24, 2.45) is 5.10 Å². The first-order chi connectivity index (χ1) is 14.0. The highest BCUT2D eigenvalue weighted by Crippen LogP contribution is 2.38. The van der Waals surface area contributed by atoms with E-state index in [1.165, 1.54) is 11.3 Å². The minimum Gasteiger partial charge on any atom is -0.461 e. The fourth-order valence-electron chi connectivity index (χ4n) is 3.12. The van der Waals surface area contributed by atoms with Gasteiger partial charge in [0.1, 0.15) is 0 Å². The Morgan fingerprint density at radius 2 is 1.97 bits per heavy atom. The number of hydrogen-bond acceptors (Lipinski definition) is 6. The Morgan fingerprint density at radius 1 is 1.24 bits per heavy atom. The second-order valence-electron chi connectivity index (χ2n) is 6.41. The first kappa shape index (κ1) is 20.1. The number of hydrogen-bond donors (Lipinski definition) is 0. The number of ether oxygens (including phenoxy) is 1. The van der Waals surface area contributed by atoms with Gasteiger partial charge in [0.15, 0.2) is 5.69 Å². The molecule has 0 unspecified atom stereocenters. The Balaban J connectivity index is 1.70. The lowest BCUT2D eigenvalue weighted by Crippen LogP contribution is -2.18. The van der Waals surface area contributed by atoms with Gasteiger partial charge in [-0.1, -0.05) is 51.8 Å². The maximum absolute atomic E-state index is 12.0. The van der Waals surface area contributed by atoms with Gasteiger partial charge in [-0.2, -0.15) is 5.10 Å². The third-order valence-corrected chi connectivity index (χ3v) is 6.13. The van der Waals surface area contributed by atoms with Gasteiger partial charge in [0, 0.05) is 21.3 Å². The van der Waals surface area contributed by atoms with Crippen LogP contribution in [0.25, 0.3) is 0 Å². The largest absolute Gasteiger partial charge is 0.461 e. The van der Waals surface area contributed by atoms with Crippen molar-refractivity contribution in [3.8, 4) is 0 Å². The fraction of sp³-hybridized carbons (Fsp3) is 0.190. The summed E-state index contributed by atoms with van der Waals surface area (Å²) in [5.41, 5.74) is 3.38. The number of thiazole rings is 1. The standard InChI is InChI=1S/C21H17BrClN3O2S/c1-2-28-20(27)18-12-29-21(24-18)26-19(14-3-7-15(22)8-4-14)11-17(25-26)13-5-9-16(23)10-6-13/h3-10,12,19H,2,11H2,1H3/t19-/m1/s1. The average molecular weight is 491 g/mol. The number of carbonyl (C=O) groups is 1.